The molecule has 3 aromatic rings. The van der Waals surface area contributed by atoms with E-state index in [-0.39, 0.29) is 17.0 Å². The van der Waals surface area contributed by atoms with Crippen molar-refractivity contribution in [3.63, 3.8) is 0 Å². The molecule has 35 heavy (non-hydrogen) atoms. The Bertz CT molecular complexity index is 1370. The molecule has 4 heterocycles. The zero-order chi connectivity index (χ0) is 24.7. The van der Waals surface area contributed by atoms with Gasteiger partial charge in [-0.05, 0) is 54.8 Å². The summed E-state index contributed by atoms with van der Waals surface area (Å²) in [6.07, 6.45) is 4.55. The van der Waals surface area contributed by atoms with E-state index in [0.29, 0.717) is 18.2 Å². The average Bonchev–Trinajstić information content (AvgIpc) is 3.20. The molecule has 1 aromatic carbocycles. The van der Waals surface area contributed by atoms with Gasteiger partial charge < -0.3 is 10.1 Å². The van der Waals surface area contributed by atoms with Gasteiger partial charge in [-0.25, -0.2) is 18.2 Å². The van der Waals surface area contributed by atoms with Gasteiger partial charge in [0, 0.05) is 61.5 Å². The predicted molar refractivity (Wildman–Crippen MR) is 131 cm³/mol. The lowest BCUT2D eigenvalue weighted by atomic mass is 9.92. The molecule has 2 aliphatic heterocycles. The van der Waals surface area contributed by atoms with E-state index in [2.05, 4.69) is 40.1 Å². The topological polar surface area (TPSA) is 101 Å². The number of benzene rings is 1. The van der Waals surface area contributed by atoms with Crippen LogP contribution < -0.4 is 5.32 Å². The molecule has 9 heteroatoms. The van der Waals surface area contributed by atoms with Crippen molar-refractivity contribution in [2.45, 2.75) is 44.1 Å². The van der Waals surface area contributed by atoms with Crippen molar-refractivity contribution in [1.29, 1.82) is 0 Å². The number of rotatable bonds is 5. The molecule has 1 saturated heterocycles. The first-order valence-electron chi connectivity index (χ1n) is 11.6. The Labute approximate surface area is 205 Å². The second-order valence-corrected chi connectivity index (χ2v) is 11.4. The van der Waals surface area contributed by atoms with E-state index in [4.69, 9.17) is 4.74 Å². The van der Waals surface area contributed by atoms with E-state index in [9.17, 15) is 13.2 Å². The highest BCUT2D eigenvalue weighted by molar-refractivity contribution is 7.90. The van der Waals surface area contributed by atoms with Crippen molar-refractivity contribution >= 4 is 15.8 Å². The number of fused-ring (bicyclic) bond motifs is 1. The van der Waals surface area contributed by atoms with Crippen LogP contribution >= 0.6 is 0 Å². The van der Waals surface area contributed by atoms with E-state index in [1.54, 1.807) is 12.3 Å². The number of hydrogen-bond donors (Lipinski definition) is 1. The van der Waals surface area contributed by atoms with Crippen molar-refractivity contribution < 1.29 is 17.9 Å². The number of pyridine rings is 2. The van der Waals surface area contributed by atoms with Gasteiger partial charge in [-0.2, -0.15) is 0 Å². The third kappa shape index (κ3) is 4.84. The van der Waals surface area contributed by atoms with Gasteiger partial charge in [0.2, 0.25) is 0 Å². The third-order valence-corrected chi connectivity index (χ3v) is 7.69. The second-order valence-electron chi connectivity index (χ2n) is 9.41. The Morgan fingerprint density at radius 2 is 1.91 bits per heavy atom. The second kappa shape index (κ2) is 9.14. The molecule has 1 N–H and O–H groups in total. The van der Waals surface area contributed by atoms with E-state index >= 15 is 0 Å². The minimum atomic E-state index is -3.33. The molecule has 0 unspecified atom stereocenters. The number of hydrogen-bond acceptors (Lipinski definition) is 8. The Balaban J connectivity index is 1.29. The van der Waals surface area contributed by atoms with Crippen LogP contribution in [-0.4, -0.2) is 54.6 Å². The van der Waals surface area contributed by atoms with Crippen LogP contribution in [0.5, 0.6) is 0 Å². The highest BCUT2D eigenvalue weighted by atomic mass is 32.2. The molecule has 0 spiro atoms. The molecule has 1 fully saturated rings. The summed E-state index contributed by atoms with van der Waals surface area (Å²) in [4.78, 5) is 23.0. The SMILES string of the molecule is Cc1c([C@@H]2CN(Cc3ccc(-c4ccc(S(C)(=O)=O)nc4)nc3)C[C@H](C)N2)ccc2c1COC2=O. The van der Waals surface area contributed by atoms with Crippen LogP contribution in [0, 0.1) is 6.92 Å². The molecule has 0 aliphatic carbocycles. The molecular weight excluding hydrogens is 464 g/mol. The van der Waals surface area contributed by atoms with Crippen LogP contribution in [0.3, 0.4) is 0 Å². The molecule has 0 radical (unpaired) electrons. The van der Waals surface area contributed by atoms with E-state index in [1.807, 2.05) is 24.4 Å². The van der Waals surface area contributed by atoms with Gasteiger partial charge in [0.1, 0.15) is 6.61 Å². The van der Waals surface area contributed by atoms with Crippen LogP contribution in [0.1, 0.15) is 45.6 Å². The summed E-state index contributed by atoms with van der Waals surface area (Å²) in [5.41, 5.74) is 6.63. The number of piperazine rings is 1. The van der Waals surface area contributed by atoms with Gasteiger partial charge in [0.25, 0.3) is 0 Å². The Morgan fingerprint density at radius 1 is 1.09 bits per heavy atom. The number of aromatic nitrogens is 2. The van der Waals surface area contributed by atoms with Crippen LogP contribution in [0.15, 0.2) is 53.8 Å². The summed E-state index contributed by atoms with van der Waals surface area (Å²) in [7, 11) is -3.33. The first-order valence-corrected chi connectivity index (χ1v) is 13.5. The lowest BCUT2D eigenvalue weighted by Crippen LogP contribution is -2.50. The number of ether oxygens (including phenoxy) is 1. The number of carbonyl (C=O) groups excluding carboxylic acids is 1. The lowest BCUT2D eigenvalue weighted by Gasteiger charge is -2.38. The monoisotopic (exact) mass is 492 g/mol. The maximum absolute atomic E-state index is 11.9. The molecule has 0 saturated carbocycles. The average molecular weight is 493 g/mol. The van der Waals surface area contributed by atoms with Gasteiger partial charge >= 0.3 is 5.97 Å². The standard InChI is InChI=1S/C26H28N4O4S/c1-16-12-30(14-24(29-16)20-6-7-21-22(17(20)2)15-34-26(21)31)13-18-4-8-23(27-10-18)19-5-9-25(28-11-19)35(3,32)33/h4-11,16,24,29H,12-15H2,1-3H3/t16-,24-/m0/s1. The summed E-state index contributed by atoms with van der Waals surface area (Å²) < 4.78 is 28.5. The number of esters is 1. The smallest absolute Gasteiger partial charge is 0.338 e. The molecule has 8 nitrogen and oxygen atoms in total. The zero-order valence-electron chi connectivity index (χ0n) is 20.0. The van der Waals surface area contributed by atoms with Gasteiger partial charge in [-0.3, -0.25) is 9.88 Å². The van der Waals surface area contributed by atoms with E-state index < -0.39 is 9.84 Å². The van der Waals surface area contributed by atoms with Gasteiger partial charge in [0.15, 0.2) is 14.9 Å². The first-order chi connectivity index (χ1) is 16.7. The summed E-state index contributed by atoms with van der Waals surface area (Å²) >= 11 is 0. The fraction of sp³-hybridized carbons (Fsp3) is 0.346. The van der Waals surface area contributed by atoms with Gasteiger partial charge in [-0.15, -0.1) is 0 Å². The number of nitrogens with one attached hydrogen (secondary N) is 1. The molecule has 2 aromatic heterocycles. The van der Waals surface area contributed by atoms with Crippen molar-refractivity contribution in [3.8, 4) is 11.3 Å². The van der Waals surface area contributed by atoms with Crippen LogP contribution in [-0.2, 0) is 27.7 Å². The van der Waals surface area contributed by atoms with Crippen molar-refractivity contribution in [1.82, 2.24) is 20.2 Å². The summed E-state index contributed by atoms with van der Waals surface area (Å²) in [5, 5.41) is 3.76. The summed E-state index contributed by atoms with van der Waals surface area (Å²) in [6.45, 7) is 7.14. The fourth-order valence-corrected chi connectivity index (χ4v) is 5.49. The summed E-state index contributed by atoms with van der Waals surface area (Å²) in [5.74, 6) is -0.237. The molecule has 0 amide bonds. The van der Waals surface area contributed by atoms with Crippen molar-refractivity contribution in [2.24, 2.45) is 0 Å². The van der Waals surface area contributed by atoms with Gasteiger partial charge in [-0.1, -0.05) is 12.1 Å². The minimum Gasteiger partial charge on any atom is -0.457 e. The zero-order valence-corrected chi connectivity index (χ0v) is 20.8. The maximum Gasteiger partial charge on any atom is 0.338 e. The number of carbonyl (C=O) groups is 1. The number of sulfone groups is 1. The largest absolute Gasteiger partial charge is 0.457 e. The van der Waals surface area contributed by atoms with Crippen LogP contribution in [0.25, 0.3) is 11.3 Å². The lowest BCUT2D eigenvalue weighted by molar-refractivity contribution is 0.0535. The van der Waals surface area contributed by atoms with Gasteiger partial charge in [0.05, 0.1) is 11.3 Å². The summed E-state index contributed by atoms with van der Waals surface area (Å²) in [6, 6.07) is 11.6. The predicted octanol–water partition coefficient (Wildman–Crippen LogP) is 3.06. The third-order valence-electron chi connectivity index (χ3n) is 6.68. The van der Waals surface area contributed by atoms with Crippen molar-refractivity contribution in [3.05, 3.63) is 76.6 Å². The molecule has 0 bridgehead atoms. The molecular formula is C26H28N4O4S. The molecule has 2 atom stereocenters. The molecule has 2 aliphatic rings. The normalized spacial score (nSPS) is 20.5. The molecule has 5 rings (SSSR count). The maximum atomic E-state index is 11.9. The first kappa shape index (κ1) is 23.6. The van der Waals surface area contributed by atoms with Crippen LogP contribution in [0.4, 0.5) is 0 Å². The van der Waals surface area contributed by atoms with Crippen molar-refractivity contribution in [2.75, 3.05) is 19.3 Å². The Morgan fingerprint density at radius 3 is 2.60 bits per heavy atom. The minimum absolute atomic E-state index is 0.0537. The Hall–Kier alpha value is -3.14. The van der Waals surface area contributed by atoms with Crippen LogP contribution in [0.2, 0.25) is 0 Å². The quantitative estimate of drug-likeness (QED) is 0.543. The Kier molecular flexibility index (Phi) is 6.16. The number of cyclic esters (lactones) is 1. The van der Waals surface area contributed by atoms with E-state index in [0.717, 1.165) is 53.8 Å². The highest BCUT2D eigenvalue weighted by Gasteiger charge is 2.30. The fourth-order valence-electron chi connectivity index (χ4n) is 4.93. The molecule has 182 valence electrons. The highest BCUT2D eigenvalue weighted by Crippen LogP contribution is 2.31. The number of nitrogens with zero attached hydrogens (tertiary/aromatic N) is 3. The van der Waals surface area contributed by atoms with E-state index in [1.165, 1.54) is 11.6 Å².